The van der Waals surface area contributed by atoms with E-state index in [0.717, 1.165) is 11.8 Å². The Labute approximate surface area is 106 Å². The maximum absolute atomic E-state index is 6.46. The number of hydrogen-bond donors (Lipinski definition) is 0. The van der Waals surface area contributed by atoms with Gasteiger partial charge in [-0.15, -0.1) is 0 Å². The van der Waals surface area contributed by atoms with Crippen molar-refractivity contribution in [3.8, 4) is 0 Å². The third kappa shape index (κ3) is 2.19. The molecule has 0 aromatic rings. The maximum Gasteiger partial charge on any atom is 0.0644 e. The van der Waals surface area contributed by atoms with E-state index in [-0.39, 0.29) is 0 Å². The van der Waals surface area contributed by atoms with Crippen LogP contribution in [0.2, 0.25) is 0 Å². The highest BCUT2D eigenvalue weighted by molar-refractivity contribution is 5.20. The van der Waals surface area contributed by atoms with Gasteiger partial charge in [-0.1, -0.05) is 37.8 Å². The first-order valence-corrected chi connectivity index (χ1v) is 7.75. The summed E-state index contributed by atoms with van der Waals surface area (Å²) in [7, 11) is 0. The smallest absolute Gasteiger partial charge is 0.0644 e. The third-order valence-electron chi connectivity index (χ3n) is 5.03. The highest BCUT2D eigenvalue weighted by Gasteiger charge is 2.42. The fourth-order valence-electron chi connectivity index (χ4n) is 4.27. The summed E-state index contributed by atoms with van der Waals surface area (Å²) in [4.78, 5) is 0. The summed E-state index contributed by atoms with van der Waals surface area (Å²) >= 11 is 0. The van der Waals surface area contributed by atoms with Crippen LogP contribution in [0, 0.1) is 11.8 Å². The van der Waals surface area contributed by atoms with Crippen LogP contribution in [-0.4, -0.2) is 12.2 Å². The molecule has 0 amide bonds. The van der Waals surface area contributed by atoms with Crippen molar-refractivity contribution >= 4 is 0 Å². The first kappa shape index (κ1) is 11.8. The standard InChI is InChI=1S/C16H26O/c1-2-7-15-13-9-4-3-8-12(13)14-10-5-6-11-16(14)17-15/h8,13-16H,2-7,9-11H2,1H3/t13-,14-,15-,16-/m0/s1. The Hall–Kier alpha value is -0.300. The molecule has 1 heteroatoms. The first-order valence-electron chi connectivity index (χ1n) is 7.75. The zero-order valence-corrected chi connectivity index (χ0v) is 11.2. The highest BCUT2D eigenvalue weighted by atomic mass is 16.5. The molecule has 0 bridgehead atoms. The maximum atomic E-state index is 6.46. The number of fused-ring (bicyclic) bond motifs is 3. The normalized spacial score (nSPS) is 41.4. The van der Waals surface area contributed by atoms with Gasteiger partial charge in [0, 0.05) is 11.8 Å². The molecule has 3 rings (SSSR count). The fourth-order valence-corrected chi connectivity index (χ4v) is 4.27. The lowest BCUT2D eigenvalue weighted by Crippen LogP contribution is -2.45. The highest BCUT2D eigenvalue weighted by Crippen LogP contribution is 2.46. The van der Waals surface area contributed by atoms with Gasteiger partial charge in [0.2, 0.25) is 0 Å². The van der Waals surface area contributed by atoms with Crippen LogP contribution < -0.4 is 0 Å². The predicted octanol–water partition coefficient (Wildman–Crippen LogP) is 4.47. The van der Waals surface area contributed by atoms with Gasteiger partial charge in [0.15, 0.2) is 0 Å². The lowest BCUT2D eigenvalue weighted by molar-refractivity contribution is -0.106. The van der Waals surface area contributed by atoms with Crippen molar-refractivity contribution in [2.75, 3.05) is 0 Å². The largest absolute Gasteiger partial charge is 0.374 e. The molecule has 1 heterocycles. The minimum absolute atomic E-state index is 0.547. The Morgan fingerprint density at radius 3 is 2.82 bits per heavy atom. The number of allylic oxidation sites excluding steroid dienone is 1. The lowest BCUT2D eigenvalue weighted by atomic mass is 9.68. The molecule has 96 valence electrons. The van der Waals surface area contributed by atoms with E-state index in [1.807, 2.05) is 5.57 Å². The quantitative estimate of drug-likeness (QED) is 0.640. The van der Waals surface area contributed by atoms with Crippen molar-refractivity contribution < 1.29 is 4.74 Å². The summed E-state index contributed by atoms with van der Waals surface area (Å²) in [5, 5.41) is 0. The molecule has 3 aliphatic rings. The Morgan fingerprint density at radius 1 is 1.12 bits per heavy atom. The van der Waals surface area contributed by atoms with Crippen LogP contribution in [0.3, 0.4) is 0 Å². The molecule has 4 atom stereocenters. The van der Waals surface area contributed by atoms with E-state index < -0.39 is 0 Å². The lowest BCUT2D eigenvalue weighted by Gasteiger charge is -2.47. The summed E-state index contributed by atoms with van der Waals surface area (Å²) < 4.78 is 6.46. The summed E-state index contributed by atoms with van der Waals surface area (Å²) in [6.45, 7) is 2.29. The Morgan fingerprint density at radius 2 is 1.94 bits per heavy atom. The molecule has 1 saturated heterocycles. The molecule has 0 spiro atoms. The van der Waals surface area contributed by atoms with Crippen LogP contribution in [0.1, 0.15) is 64.7 Å². The molecule has 0 aromatic heterocycles. The van der Waals surface area contributed by atoms with Crippen molar-refractivity contribution in [1.82, 2.24) is 0 Å². The van der Waals surface area contributed by atoms with Crippen LogP contribution >= 0.6 is 0 Å². The molecule has 1 saturated carbocycles. The van der Waals surface area contributed by atoms with E-state index >= 15 is 0 Å². The molecular weight excluding hydrogens is 208 g/mol. The van der Waals surface area contributed by atoms with Crippen LogP contribution in [0.5, 0.6) is 0 Å². The van der Waals surface area contributed by atoms with Gasteiger partial charge in [0.05, 0.1) is 12.2 Å². The van der Waals surface area contributed by atoms with E-state index in [2.05, 4.69) is 13.0 Å². The molecule has 0 aromatic carbocycles. The van der Waals surface area contributed by atoms with Gasteiger partial charge in [-0.3, -0.25) is 0 Å². The van der Waals surface area contributed by atoms with E-state index in [4.69, 9.17) is 4.74 Å². The molecule has 0 radical (unpaired) electrons. The van der Waals surface area contributed by atoms with E-state index in [0.29, 0.717) is 12.2 Å². The average molecular weight is 234 g/mol. The first-order chi connectivity index (χ1) is 8.40. The van der Waals surface area contributed by atoms with Crippen LogP contribution in [0.25, 0.3) is 0 Å². The number of hydrogen-bond acceptors (Lipinski definition) is 1. The van der Waals surface area contributed by atoms with Crippen molar-refractivity contribution in [3.63, 3.8) is 0 Å². The Balaban J connectivity index is 1.83. The minimum atomic E-state index is 0.547. The zero-order valence-electron chi connectivity index (χ0n) is 11.2. The second-order valence-electron chi connectivity index (χ2n) is 6.13. The second-order valence-corrected chi connectivity index (χ2v) is 6.13. The van der Waals surface area contributed by atoms with Crippen LogP contribution in [-0.2, 0) is 4.74 Å². The van der Waals surface area contributed by atoms with E-state index in [9.17, 15) is 0 Å². The van der Waals surface area contributed by atoms with Crippen molar-refractivity contribution in [3.05, 3.63) is 11.6 Å². The monoisotopic (exact) mass is 234 g/mol. The number of ether oxygens (including phenoxy) is 1. The molecule has 1 aliphatic heterocycles. The van der Waals surface area contributed by atoms with Gasteiger partial charge in [-0.25, -0.2) is 0 Å². The van der Waals surface area contributed by atoms with Gasteiger partial charge in [-0.2, -0.15) is 0 Å². The summed E-state index contributed by atoms with van der Waals surface area (Å²) in [5.41, 5.74) is 1.81. The predicted molar refractivity (Wildman–Crippen MR) is 71.0 cm³/mol. The van der Waals surface area contributed by atoms with Gasteiger partial charge in [0.25, 0.3) is 0 Å². The molecule has 2 aliphatic carbocycles. The Kier molecular flexibility index (Phi) is 3.56. The second kappa shape index (κ2) is 5.14. The van der Waals surface area contributed by atoms with Gasteiger partial charge >= 0.3 is 0 Å². The van der Waals surface area contributed by atoms with E-state index in [1.54, 1.807) is 0 Å². The summed E-state index contributed by atoms with van der Waals surface area (Å²) in [6, 6.07) is 0. The minimum Gasteiger partial charge on any atom is -0.374 e. The zero-order chi connectivity index (χ0) is 11.7. The van der Waals surface area contributed by atoms with E-state index in [1.165, 1.54) is 57.8 Å². The SMILES string of the molecule is CCC[C@@H]1O[C@H]2CCCC[C@H]2C2=CCCC[C@@H]21. The summed E-state index contributed by atoms with van der Waals surface area (Å²) in [6.07, 6.45) is 15.9. The van der Waals surface area contributed by atoms with Crippen molar-refractivity contribution in [2.24, 2.45) is 11.8 Å². The fraction of sp³-hybridized carbons (Fsp3) is 0.875. The third-order valence-corrected chi connectivity index (χ3v) is 5.03. The van der Waals surface area contributed by atoms with Gasteiger partial charge < -0.3 is 4.74 Å². The topological polar surface area (TPSA) is 9.23 Å². The summed E-state index contributed by atoms with van der Waals surface area (Å²) in [5.74, 6) is 1.57. The van der Waals surface area contributed by atoms with Gasteiger partial charge in [0.1, 0.15) is 0 Å². The molecule has 17 heavy (non-hydrogen) atoms. The van der Waals surface area contributed by atoms with Crippen molar-refractivity contribution in [1.29, 1.82) is 0 Å². The molecule has 0 N–H and O–H groups in total. The molecule has 2 fully saturated rings. The molecule has 0 unspecified atom stereocenters. The van der Waals surface area contributed by atoms with Crippen LogP contribution in [0.15, 0.2) is 11.6 Å². The molecule has 1 nitrogen and oxygen atoms in total. The van der Waals surface area contributed by atoms with Gasteiger partial charge in [-0.05, 0) is 38.5 Å². The van der Waals surface area contributed by atoms with Crippen molar-refractivity contribution in [2.45, 2.75) is 76.9 Å². The van der Waals surface area contributed by atoms with Crippen LogP contribution in [0.4, 0.5) is 0 Å². The Bertz CT molecular complexity index is 294. The molecular formula is C16H26O. The number of rotatable bonds is 2. The average Bonchev–Trinajstić information content (AvgIpc) is 2.39.